The van der Waals surface area contributed by atoms with Crippen LogP contribution in [0.15, 0.2) is 42.6 Å². The van der Waals surface area contributed by atoms with E-state index in [1.807, 2.05) is 41.0 Å². The van der Waals surface area contributed by atoms with E-state index in [0.717, 1.165) is 24.1 Å². The highest BCUT2D eigenvalue weighted by atomic mass is 16.5. The average Bonchev–Trinajstić information content (AvgIpc) is 3.50. The molecule has 0 unspecified atom stereocenters. The average molecular weight is 465 g/mol. The van der Waals surface area contributed by atoms with Gasteiger partial charge in [0.1, 0.15) is 11.8 Å². The van der Waals surface area contributed by atoms with Crippen molar-refractivity contribution in [2.45, 2.75) is 58.2 Å². The van der Waals surface area contributed by atoms with Crippen molar-refractivity contribution in [1.29, 1.82) is 0 Å². The van der Waals surface area contributed by atoms with Gasteiger partial charge in [-0.3, -0.25) is 4.79 Å². The summed E-state index contributed by atoms with van der Waals surface area (Å²) in [5.74, 6) is -0.782. The van der Waals surface area contributed by atoms with Crippen LogP contribution in [-0.4, -0.2) is 47.3 Å². The van der Waals surface area contributed by atoms with Gasteiger partial charge < -0.3 is 24.7 Å². The minimum Gasteiger partial charge on any atom is -0.464 e. The van der Waals surface area contributed by atoms with Crippen LogP contribution in [-0.2, 0) is 27.2 Å². The summed E-state index contributed by atoms with van der Waals surface area (Å²) >= 11 is 0. The van der Waals surface area contributed by atoms with Gasteiger partial charge >= 0.3 is 5.97 Å². The summed E-state index contributed by atoms with van der Waals surface area (Å²) in [6, 6.07) is 12.2. The molecule has 2 aromatic heterocycles. The molecule has 3 heterocycles. The molecule has 0 radical (unpaired) electrons. The summed E-state index contributed by atoms with van der Waals surface area (Å²) in [6.45, 7) is 5.26. The molecule has 180 valence electrons. The van der Waals surface area contributed by atoms with Gasteiger partial charge in [-0.25, -0.2) is 9.78 Å². The molecule has 1 aliphatic rings. The number of rotatable bonds is 9. The number of anilines is 2. The lowest BCUT2D eigenvalue weighted by atomic mass is 10.1. The SMILES string of the molecule is CC[C@@H](C)Nc1cnc2c(c1)c(NC(=O)[C@@H]1CCCO1)c(C(=O)OC)n2CCc1ccccc1. The molecule has 1 aliphatic heterocycles. The van der Waals surface area contributed by atoms with Crippen LogP contribution in [0.4, 0.5) is 11.4 Å². The zero-order chi connectivity index (χ0) is 24.1. The predicted molar refractivity (Wildman–Crippen MR) is 132 cm³/mol. The number of benzene rings is 1. The highest BCUT2D eigenvalue weighted by molar-refractivity contribution is 6.12. The molecular formula is C26H32N4O4. The topological polar surface area (TPSA) is 94.5 Å². The van der Waals surface area contributed by atoms with E-state index < -0.39 is 12.1 Å². The lowest BCUT2D eigenvalue weighted by Gasteiger charge is -2.13. The number of nitrogens with zero attached hydrogens (tertiary/aromatic N) is 2. The van der Waals surface area contributed by atoms with Gasteiger partial charge in [0.25, 0.3) is 5.91 Å². The standard InChI is InChI=1S/C26H32N4O4/c1-4-17(2)28-19-15-20-22(29-25(31)21-11-8-14-34-21)23(26(32)33-3)30(24(20)27-16-19)13-12-18-9-6-5-7-10-18/h5-7,9-10,15-17,21,28H,4,8,11-14H2,1-3H3,(H,29,31)/t17-,21+/m1/s1. The van der Waals surface area contributed by atoms with Gasteiger partial charge in [0.05, 0.1) is 24.7 Å². The van der Waals surface area contributed by atoms with Crippen molar-refractivity contribution in [3.63, 3.8) is 0 Å². The number of nitrogens with one attached hydrogen (secondary N) is 2. The first-order valence-corrected chi connectivity index (χ1v) is 11.8. The highest BCUT2D eigenvalue weighted by Crippen LogP contribution is 2.33. The van der Waals surface area contributed by atoms with Crippen molar-refractivity contribution in [2.24, 2.45) is 0 Å². The highest BCUT2D eigenvalue weighted by Gasteiger charge is 2.30. The zero-order valence-electron chi connectivity index (χ0n) is 20.0. The third-order valence-corrected chi connectivity index (χ3v) is 6.24. The first kappa shape index (κ1) is 23.8. The van der Waals surface area contributed by atoms with Crippen molar-refractivity contribution >= 4 is 34.3 Å². The fraction of sp³-hybridized carbons (Fsp3) is 0.423. The van der Waals surface area contributed by atoms with Crippen molar-refractivity contribution in [3.05, 3.63) is 53.9 Å². The number of hydrogen-bond donors (Lipinski definition) is 2. The number of pyridine rings is 1. The number of aryl methyl sites for hydroxylation is 2. The number of fused-ring (bicyclic) bond motifs is 1. The third-order valence-electron chi connectivity index (χ3n) is 6.24. The Hall–Kier alpha value is -3.39. The normalized spacial score (nSPS) is 16.4. The van der Waals surface area contributed by atoms with Crippen molar-refractivity contribution < 1.29 is 19.1 Å². The van der Waals surface area contributed by atoms with E-state index in [1.54, 1.807) is 6.20 Å². The van der Waals surface area contributed by atoms with Crippen LogP contribution >= 0.6 is 0 Å². The Morgan fingerprint density at radius 1 is 1.29 bits per heavy atom. The number of esters is 1. The Kier molecular flexibility index (Phi) is 7.47. The molecule has 0 aliphatic carbocycles. The maximum atomic E-state index is 13.0. The van der Waals surface area contributed by atoms with Crippen LogP contribution in [0.5, 0.6) is 0 Å². The molecule has 8 nitrogen and oxygen atoms in total. The number of aromatic nitrogens is 2. The van der Waals surface area contributed by atoms with Crippen LogP contribution in [0.2, 0.25) is 0 Å². The summed E-state index contributed by atoms with van der Waals surface area (Å²) in [6.07, 6.45) is 4.38. The van der Waals surface area contributed by atoms with Gasteiger partial charge in [-0.2, -0.15) is 0 Å². The molecule has 0 saturated carbocycles. The van der Waals surface area contributed by atoms with Crippen molar-refractivity contribution in [2.75, 3.05) is 24.4 Å². The van der Waals surface area contributed by atoms with Crippen LogP contribution in [0.25, 0.3) is 11.0 Å². The molecule has 8 heteroatoms. The predicted octanol–water partition coefficient (Wildman–Crippen LogP) is 4.39. The van der Waals surface area contributed by atoms with E-state index >= 15 is 0 Å². The Labute approximate surface area is 199 Å². The van der Waals surface area contributed by atoms with Gasteiger partial charge in [-0.1, -0.05) is 37.3 Å². The Morgan fingerprint density at radius 2 is 2.09 bits per heavy atom. The maximum absolute atomic E-state index is 13.0. The monoisotopic (exact) mass is 464 g/mol. The van der Waals surface area contributed by atoms with E-state index in [1.165, 1.54) is 7.11 Å². The quantitative estimate of drug-likeness (QED) is 0.456. The second-order valence-electron chi connectivity index (χ2n) is 8.64. The summed E-state index contributed by atoms with van der Waals surface area (Å²) in [5, 5.41) is 7.08. The second-order valence-corrected chi connectivity index (χ2v) is 8.64. The van der Waals surface area contributed by atoms with E-state index in [4.69, 9.17) is 14.5 Å². The molecule has 4 rings (SSSR count). The molecule has 0 spiro atoms. The summed E-state index contributed by atoms with van der Waals surface area (Å²) in [5.41, 5.74) is 3.28. The van der Waals surface area contributed by atoms with Crippen LogP contribution in [0.1, 0.15) is 49.2 Å². The Bertz CT molecular complexity index is 1150. The molecule has 34 heavy (non-hydrogen) atoms. The number of carbonyl (C=O) groups is 2. The van der Waals surface area contributed by atoms with Gasteiger partial charge in [0.2, 0.25) is 0 Å². The fourth-order valence-electron chi connectivity index (χ4n) is 4.22. The van der Waals surface area contributed by atoms with Gasteiger partial charge in [-0.15, -0.1) is 0 Å². The number of methoxy groups -OCH3 is 1. The zero-order valence-corrected chi connectivity index (χ0v) is 20.0. The smallest absolute Gasteiger partial charge is 0.356 e. The fourth-order valence-corrected chi connectivity index (χ4v) is 4.22. The number of ether oxygens (including phenoxy) is 2. The first-order valence-electron chi connectivity index (χ1n) is 11.8. The van der Waals surface area contributed by atoms with Gasteiger partial charge in [0, 0.05) is 24.6 Å². The van der Waals surface area contributed by atoms with E-state index in [2.05, 4.69) is 24.5 Å². The van der Waals surface area contributed by atoms with Gasteiger partial charge in [0.15, 0.2) is 5.69 Å². The lowest BCUT2D eigenvalue weighted by molar-refractivity contribution is -0.124. The molecule has 3 aromatic rings. The Balaban J connectivity index is 1.80. The van der Waals surface area contributed by atoms with Crippen LogP contribution < -0.4 is 10.6 Å². The molecule has 1 fully saturated rings. The molecule has 1 amide bonds. The van der Waals surface area contributed by atoms with Crippen LogP contribution in [0.3, 0.4) is 0 Å². The van der Waals surface area contributed by atoms with Crippen molar-refractivity contribution in [1.82, 2.24) is 9.55 Å². The molecule has 1 saturated heterocycles. The summed E-state index contributed by atoms with van der Waals surface area (Å²) in [7, 11) is 1.34. The second kappa shape index (κ2) is 10.7. The van der Waals surface area contributed by atoms with Crippen molar-refractivity contribution in [3.8, 4) is 0 Å². The third kappa shape index (κ3) is 5.07. The van der Waals surface area contributed by atoms with Gasteiger partial charge in [-0.05, 0) is 44.2 Å². The summed E-state index contributed by atoms with van der Waals surface area (Å²) in [4.78, 5) is 30.7. The molecule has 2 N–H and O–H groups in total. The van der Waals surface area contributed by atoms with E-state index in [0.29, 0.717) is 42.7 Å². The number of hydrogen-bond acceptors (Lipinski definition) is 6. The molecule has 0 bridgehead atoms. The first-order chi connectivity index (χ1) is 16.5. The minimum atomic E-state index is -0.525. The number of amides is 1. The van der Waals surface area contributed by atoms with E-state index in [-0.39, 0.29) is 17.6 Å². The van der Waals surface area contributed by atoms with E-state index in [9.17, 15) is 9.59 Å². The minimum absolute atomic E-state index is 0.254. The molecule has 2 atom stereocenters. The maximum Gasteiger partial charge on any atom is 0.356 e. The Morgan fingerprint density at radius 3 is 2.76 bits per heavy atom. The molecule has 1 aromatic carbocycles. The van der Waals surface area contributed by atoms with Crippen LogP contribution in [0, 0.1) is 0 Å². The summed E-state index contributed by atoms with van der Waals surface area (Å²) < 4.78 is 12.5. The number of carbonyl (C=O) groups excluding carboxylic acids is 2. The molecular weight excluding hydrogens is 432 g/mol. The largest absolute Gasteiger partial charge is 0.464 e. The lowest BCUT2D eigenvalue weighted by Crippen LogP contribution is -2.28.